The molecule has 0 heterocycles. The molecule has 2 aromatic carbocycles. The van der Waals surface area contributed by atoms with Crippen LogP contribution in [0.4, 0.5) is 4.39 Å². The van der Waals surface area contributed by atoms with Gasteiger partial charge in [-0.05, 0) is 93.3 Å². The first-order valence-corrected chi connectivity index (χ1v) is 8.90. The van der Waals surface area contributed by atoms with E-state index in [0.717, 1.165) is 24.9 Å². The minimum atomic E-state index is -0.217. The van der Waals surface area contributed by atoms with E-state index in [4.69, 9.17) is 0 Å². The van der Waals surface area contributed by atoms with Crippen molar-refractivity contribution in [3.8, 4) is 0 Å². The van der Waals surface area contributed by atoms with E-state index in [9.17, 15) is 4.39 Å². The molecule has 1 N–H and O–H groups in total. The molecule has 1 unspecified atom stereocenters. The van der Waals surface area contributed by atoms with Crippen molar-refractivity contribution in [3.63, 3.8) is 0 Å². The summed E-state index contributed by atoms with van der Waals surface area (Å²) in [7, 11) is 0. The number of nitrogens with one attached hydrogen (secondary N) is 1. The first kappa shape index (κ1) is 16.9. The molecule has 0 bridgehead atoms. The van der Waals surface area contributed by atoms with Crippen molar-refractivity contribution in [2.45, 2.75) is 25.8 Å². The van der Waals surface area contributed by atoms with E-state index in [-0.39, 0.29) is 11.9 Å². The van der Waals surface area contributed by atoms with Gasteiger partial charge in [-0.3, -0.25) is 0 Å². The van der Waals surface area contributed by atoms with Crippen molar-refractivity contribution in [2.75, 3.05) is 6.54 Å². The van der Waals surface area contributed by atoms with Crippen LogP contribution in [0.25, 0.3) is 0 Å². The molecule has 112 valence electrons. The van der Waals surface area contributed by atoms with Gasteiger partial charge in [-0.1, -0.05) is 25.1 Å². The minimum absolute atomic E-state index is 0.217. The second kappa shape index (κ2) is 8.25. The molecule has 2 aromatic rings. The van der Waals surface area contributed by atoms with Gasteiger partial charge in [0.25, 0.3) is 0 Å². The summed E-state index contributed by atoms with van der Waals surface area (Å²) in [4.78, 5) is 0. The van der Waals surface area contributed by atoms with Crippen molar-refractivity contribution in [1.82, 2.24) is 5.32 Å². The summed E-state index contributed by atoms with van der Waals surface area (Å²) in [6.45, 7) is 3.13. The molecule has 0 amide bonds. The Labute approximate surface area is 147 Å². The molecule has 4 heteroatoms. The van der Waals surface area contributed by atoms with E-state index >= 15 is 0 Å². The van der Waals surface area contributed by atoms with Gasteiger partial charge in [-0.15, -0.1) is 0 Å². The van der Waals surface area contributed by atoms with Gasteiger partial charge >= 0.3 is 0 Å². The van der Waals surface area contributed by atoms with E-state index in [1.54, 1.807) is 0 Å². The summed E-state index contributed by atoms with van der Waals surface area (Å²) < 4.78 is 15.1. The maximum atomic E-state index is 13.3. The molecule has 0 fully saturated rings. The number of benzene rings is 2. The van der Waals surface area contributed by atoms with E-state index in [1.165, 1.54) is 15.2 Å². The molecule has 0 saturated heterocycles. The molecule has 21 heavy (non-hydrogen) atoms. The fraction of sp³-hybridized carbons (Fsp3) is 0.294. The van der Waals surface area contributed by atoms with Crippen LogP contribution in [0, 0.1) is 9.39 Å². The SMILES string of the molecule is CCCNC(Cc1ccc(F)c(Br)c1)c1ccc(I)cc1. The minimum Gasteiger partial charge on any atom is -0.310 e. The van der Waals surface area contributed by atoms with Crippen molar-refractivity contribution >= 4 is 38.5 Å². The maximum Gasteiger partial charge on any atom is 0.137 e. The molecular formula is C17H18BrFIN. The van der Waals surface area contributed by atoms with E-state index in [1.807, 2.05) is 12.1 Å². The third-order valence-corrected chi connectivity index (χ3v) is 4.66. The lowest BCUT2D eigenvalue weighted by Gasteiger charge is -2.19. The highest BCUT2D eigenvalue weighted by Gasteiger charge is 2.12. The quantitative estimate of drug-likeness (QED) is 0.562. The Morgan fingerprint density at radius 2 is 1.90 bits per heavy atom. The number of hydrogen-bond acceptors (Lipinski definition) is 1. The zero-order chi connectivity index (χ0) is 15.2. The Balaban J connectivity index is 2.19. The monoisotopic (exact) mass is 461 g/mol. The normalized spacial score (nSPS) is 12.4. The highest BCUT2D eigenvalue weighted by Crippen LogP contribution is 2.23. The smallest absolute Gasteiger partial charge is 0.137 e. The van der Waals surface area contributed by atoms with Crippen LogP contribution in [0.3, 0.4) is 0 Å². The third kappa shape index (κ3) is 5.04. The molecule has 0 aliphatic carbocycles. The fourth-order valence-corrected chi connectivity index (χ4v) is 3.01. The van der Waals surface area contributed by atoms with Gasteiger partial charge in [-0.25, -0.2) is 4.39 Å². The van der Waals surface area contributed by atoms with Gasteiger partial charge in [0.2, 0.25) is 0 Å². The molecule has 0 aliphatic rings. The molecule has 0 spiro atoms. The molecule has 0 saturated carbocycles. The molecule has 0 aromatic heterocycles. The van der Waals surface area contributed by atoms with Gasteiger partial charge in [0.05, 0.1) is 4.47 Å². The summed E-state index contributed by atoms with van der Waals surface area (Å²) in [5.74, 6) is -0.217. The zero-order valence-electron chi connectivity index (χ0n) is 11.9. The average Bonchev–Trinajstić information content (AvgIpc) is 2.48. The predicted octanol–water partition coefficient (Wildman–Crippen LogP) is 5.48. The van der Waals surface area contributed by atoms with Gasteiger partial charge in [0.15, 0.2) is 0 Å². The molecular weight excluding hydrogens is 444 g/mol. The lowest BCUT2D eigenvalue weighted by molar-refractivity contribution is 0.528. The standard InChI is InChI=1S/C17H18BrFIN/c1-2-9-21-17(13-4-6-14(20)7-5-13)11-12-3-8-16(19)15(18)10-12/h3-8,10,17,21H,2,9,11H2,1H3. The van der Waals surface area contributed by atoms with Crippen LogP contribution >= 0.6 is 38.5 Å². The lowest BCUT2D eigenvalue weighted by atomic mass is 9.99. The van der Waals surface area contributed by atoms with Crippen LogP contribution in [0.15, 0.2) is 46.9 Å². The first-order valence-electron chi connectivity index (χ1n) is 7.03. The highest BCUT2D eigenvalue weighted by atomic mass is 127. The zero-order valence-corrected chi connectivity index (χ0v) is 15.6. The molecule has 1 atom stereocenters. The van der Waals surface area contributed by atoms with Crippen LogP contribution < -0.4 is 5.32 Å². The Kier molecular flexibility index (Phi) is 6.64. The van der Waals surface area contributed by atoms with E-state index in [0.29, 0.717) is 4.47 Å². The Bertz CT molecular complexity index is 586. The van der Waals surface area contributed by atoms with Gasteiger partial charge < -0.3 is 5.32 Å². The van der Waals surface area contributed by atoms with Crippen molar-refractivity contribution in [3.05, 3.63) is 67.5 Å². The highest BCUT2D eigenvalue weighted by molar-refractivity contribution is 14.1. The van der Waals surface area contributed by atoms with Crippen LogP contribution in [0.1, 0.15) is 30.5 Å². The Morgan fingerprint density at radius 3 is 2.52 bits per heavy atom. The molecule has 1 nitrogen and oxygen atoms in total. The molecule has 2 rings (SSSR count). The first-order chi connectivity index (χ1) is 10.1. The van der Waals surface area contributed by atoms with Crippen molar-refractivity contribution < 1.29 is 4.39 Å². The van der Waals surface area contributed by atoms with Crippen LogP contribution in [-0.2, 0) is 6.42 Å². The topological polar surface area (TPSA) is 12.0 Å². The number of hydrogen-bond donors (Lipinski definition) is 1. The van der Waals surface area contributed by atoms with Gasteiger partial charge in [-0.2, -0.15) is 0 Å². The molecule has 0 aliphatic heterocycles. The van der Waals surface area contributed by atoms with E-state index < -0.39 is 0 Å². The fourth-order valence-electron chi connectivity index (χ4n) is 2.22. The Morgan fingerprint density at radius 1 is 1.19 bits per heavy atom. The summed E-state index contributed by atoms with van der Waals surface area (Å²) in [6, 6.07) is 14.1. The third-order valence-electron chi connectivity index (χ3n) is 3.34. The Hall–Kier alpha value is -0.460. The summed E-state index contributed by atoms with van der Waals surface area (Å²) >= 11 is 5.57. The largest absolute Gasteiger partial charge is 0.310 e. The maximum absolute atomic E-state index is 13.3. The van der Waals surface area contributed by atoms with E-state index in [2.05, 4.69) is 75.0 Å². The van der Waals surface area contributed by atoms with Gasteiger partial charge in [0, 0.05) is 9.61 Å². The second-order valence-corrected chi connectivity index (χ2v) is 7.11. The summed E-state index contributed by atoms with van der Waals surface area (Å²) in [6.07, 6.45) is 1.94. The van der Waals surface area contributed by atoms with Crippen LogP contribution in [0.2, 0.25) is 0 Å². The lowest BCUT2D eigenvalue weighted by Crippen LogP contribution is -2.24. The van der Waals surface area contributed by atoms with Crippen LogP contribution in [-0.4, -0.2) is 6.54 Å². The number of rotatable bonds is 6. The summed E-state index contributed by atoms with van der Waals surface area (Å²) in [5, 5.41) is 3.58. The molecule has 0 radical (unpaired) electrons. The van der Waals surface area contributed by atoms with Gasteiger partial charge in [0.1, 0.15) is 5.82 Å². The van der Waals surface area contributed by atoms with Crippen molar-refractivity contribution in [1.29, 1.82) is 0 Å². The van der Waals surface area contributed by atoms with Crippen LogP contribution in [0.5, 0.6) is 0 Å². The van der Waals surface area contributed by atoms with Crippen molar-refractivity contribution in [2.24, 2.45) is 0 Å². The summed E-state index contributed by atoms with van der Waals surface area (Å²) in [5.41, 5.74) is 2.39. The second-order valence-electron chi connectivity index (χ2n) is 5.01. The number of halogens is 3. The average molecular weight is 462 g/mol. The predicted molar refractivity (Wildman–Crippen MR) is 98.0 cm³/mol.